The van der Waals surface area contributed by atoms with Gasteiger partial charge in [-0.25, -0.2) is 0 Å². The molecule has 0 amide bonds. The van der Waals surface area contributed by atoms with Gasteiger partial charge in [0.05, 0.1) is 11.0 Å². The van der Waals surface area contributed by atoms with Crippen LogP contribution in [0.3, 0.4) is 0 Å². The van der Waals surface area contributed by atoms with Crippen molar-refractivity contribution < 1.29 is 0 Å². The van der Waals surface area contributed by atoms with E-state index in [9.17, 15) is 0 Å². The molecule has 0 radical (unpaired) electrons. The third-order valence-electron chi connectivity index (χ3n) is 11.1. The molecule has 10 rings (SSSR count). The molecule has 9 aromatic carbocycles. The fourth-order valence-electron chi connectivity index (χ4n) is 8.42. The van der Waals surface area contributed by atoms with Crippen LogP contribution in [0.2, 0.25) is 0 Å². The summed E-state index contributed by atoms with van der Waals surface area (Å²) in [4.78, 5) is 2.43. The molecule has 0 spiro atoms. The van der Waals surface area contributed by atoms with Crippen molar-refractivity contribution in [3.63, 3.8) is 0 Å². The van der Waals surface area contributed by atoms with Gasteiger partial charge in [-0.3, -0.25) is 0 Å². The maximum Gasteiger partial charge on any atom is 0.0561 e. The fourth-order valence-corrected chi connectivity index (χ4v) is 8.42. The van der Waals surface area contributed by atoms with Gasteiger partial charge in [0.15, 0.2) is 0 Å². The van der Waals surface area contributed by atoms with E-state index >= 15 is 0 Å². The van der Waals surface area contributed by atoms with Gasteiger partial charge in [-0.15, -0.1) is 0 Å². The highest BCUT2D eigenvalue weighted by atomic mass is 15.1. The minimum Gasteiger partial charge on any atom is -0.310 e. The van der Waals surface area contributed by atoms with Gasteiger partial charge in [-0.05, 0) is 109 Å². The first kappa shape index (κ1) is 32.0. The summed E-state index contributed by atoms with van der Waals surface area (Å²) in [6.45, 7) is 6.83. The fraction of sp³-hybridized carbons (Fsp3) is 0.0769. The van der Waals surface area contributed by atoms with Crippen molar-refractivity contribution in [2.75, 3.05) is 4.90 Å². The number of hydrogen-bond acceptors (Lipinski definition) is 1. The molecule has 10 aromatic rings. The summed E-state index contributed by atoms with van der Waals surface area (Å²) < 4.78 is 2.43. The van der Waals surface area contributed by atoms with Crippen LogP contribution in [-0.2, 0) is 5.41 Å². The molecule has 54 heavy (non-hydrogen) atoms. The first-order valence-corrected chi connectivity index (χ1v) is 18.9. The zero-order valence-corrected chi connectivity index (χ0v) is 30.8. The van der Waals surface area contributed by atoms with Crippen molar-refractivity contribution in [1.29, 1.82) is 0 Å². The molecule has 0 aliphatic rings. The summed E-state index contributed by atoms with van der Waals surface area (Å²) in [6, 6.07) is 69.1. The third kappa shape index (κ3) is 5.25. The first-order chi connectivity index (χ1) is 26.4. The standard InChI is InChI=1S/C52H40N2/c1-52(2,3)37-24-26-38(27-25-37)53(40-28-30-46-44-20-8-7-18-42(44)43-19-9-10-21-45(43)49(46)33-40)41-29-31-48-47-22-11-12-23-50(47)54(51(48)34-41)39-17-13-16-36(32-39)35-14-5-4-6-15-35/h4-34H,1-3H3. The molecule has 0 N–H and O–H groups in total. The van der Waals surface area contributed by atoms with E-state index in [1.807, 2.05) is 0 Å². The predicted molar refractivity (Wildman–Crippen MR) is 232 cm³/mol. The molecule has 0 bridgehead atoms. The zero-order valence-electron chi connectivity index (χ0n) is 30.8. The Hall–Kier alpha value is -6.64. The van der Waals surface area contributed by atoms with Crippen LogP contribution < -0.4 is 4.90 Å². The molecule has 2 nitrogen and oxygen atoms in total. The number of anilines is 3. The second-order valence-electron chi connectivity index (χ2n) is 15.4. The lowest BCUT2D eigenvalue weighted by Crippen LogP contribution is -2.13. The van der Waals surface area contributed by atoms with Gasteiger partial charge in [-0.1, -0.05) is 154 Å². The van der Waals surface area contributed by atoms with Crippen molar-refractivity contribution >= 4 is 71.2 Å². The average Bonchev–Trinajstić information content (AvgIpc) is 3.55. The van der Waals surface area contributed by atoms with E-state index in [-0.39, 0.29) is 5.41 Å². The van der Waals surface area contributed by atoms with Crippen molar-refractivity contribution in [2.24, 2.45) is 0 Å². The van der Waals surface area contributed by atoms with Crippen LogP contribution in [0.25, 0.3) is 70.9 Å². The number of benzene rings is 9. The molecular weight excluding hydrogens is 653 g/mol. The van der Waals surface area contributed by atoms with Crippen LogP contribution in [0.5, 0.6) is 0 Å². The van der Waals surface area contributed by atoms with Crippen LogP contribution >= 0.6 is 0 Å². The van der Waals surface area contributed by atoms with E-state index in [4.69, 9.17) is 0 Å². The first-order valence-electron chi connectivity index (χ1n) is 18.9. The lowest BCUT2D eigenvalue weighted by molar-refractivity contribution is 0.590. The number of rotatable bonds is 5. The minimum atomic E-state index is 0.0560. The van der Waals surface area contributed by atoms with Gasteiger partial charge in [0.25, 0.3) is 0 Å². The van der Waals surface area contributed by atoms with Crippen LogP contribution in [-0.4, -0.2) is 4.57 Å². The Kier molecular flexibility index (Phi) is 7.42. The molecular formula is C52H40N2. The van der Waals surface area contributed by atoms with Crippen LogP contribution in [0, 0.1) is 0 Å². The minimum absolute atomic E-state index is 0.0560. The normalized spacial score (nSPS) is 12.0. The smallest absolute Gasteiger partial charge is 0.0561 e. The molecule has 0 aliphatic carbocycles. The zero-order chi connectivity index (χ0) is 36.4. The van der Waals surface area contributed by atoms with Crippen LogP contribution in [0.4, 0.5) is 17.1 Å². The Morgan fingerprint density at radius 1 is 0.352 bits per heavy atom. The van der Waals surface area contributed by atoms with Crippen molar-refractivity contribution in [3.8, 4) is 16.8 Å². The molecule has 0 atom stereocenters. The summed E-state index contributed by atoms with van der Waals surface area (Å²) in [6.07, 6.45) is 0. The van der Waals surface area contributed by atoms with Crippen molar-refractivity contribution in [1.82, 2.24) is 4.57 Å². The molecule has 2 heteroatoms. The molecule has 0 saturated carbocycles. The maximum absolute atomic E-state index is 2.43. The quantitative estimate of drug-likeness (QED) is 0.163. The summed E-state index contributed by atoms with van der Waals surface area (Å²) in [5, 5.41) is 10.1. The van der Waals surface area contributed by atoms with E-state index in [1.165, 1.54) is 70.8 Å². The summed E-state index contributed by atoms with van der Waals surface area (Å²) in [7, 11) is 0. The number of hydrogen-bond donors (Lipinski definition) is 0. The summed E-state index contributed by atoms with van der Waals surface area (Å²) in [5.74, 6) is 0. The van der Waals surface area contributed by atoms with Gasteiger partial charge < -0.3 is 9.47 Å². The van der Waals surface area contributed by atoms with Gasteiger partial charge in [0.1, 0.15) is 0 Å². The van der Waals surface area contributed by atoms with Crippen LogP contribution in [0.1, 0.15) is 26.3 Å². The Balaban J connectivity index is 1.22. The number of fused-ring (bicyclic) bond motifs is 9. The highest BCUT2D eigenvalue weighted by Crippen LogP contribution is 2.43. The summed E-state index contributed by atoms with van der Waals surface area (Å²) >= 11 is 0. The Bertz CT molecular complexity index is 2980. The van der Waals surface area contributed by atoms with E-state index in [0.717, 1.165) is 22.7 Å². The second-order valence-corrected chi connectivity index (χ2v) is 15.4. The highest BCUT2D eigenvalue weighted by molar-refractivity contribution is 6.25. The Morgan fingerprint density at radius 2 is 0.852 bits per heavy atom. The SMILES string of the molecule is CC(C)(C)c1ccc(N(c2ccc3c4ccccc4c4ccccc4c3c2)c2ccc3c4ccccc4n(-c4cccc(-c5ccccc5)c4)c3c2)cc1. The predicted octanol–water partition coefficient (Wildman–Crippen LogP) is 14.7. The number of aromatic nitrogens is 1. The molecule has 1 heterocycles. The highest BCUT2D eigenvalue weighted by Gasteiger charge is 2.20. The molecule has 0 fully saturated rings. The van der Waals surface area contributed by atoms with E-state index in [2.05, 4.69) is 218 Å². The van der Waals surface area contributed by atoms with Gasteiger partial charge in [0.2, 0.25) is 0 Å². The van der Waals surface area contributed by atoms with E-state index in [1.54, 1.807) is 0 Å². The van der Waals surface area contributed by atoms with Crippen molar-refractivity contribution in [3.05, 3.63) is 194 Å². The van der Waals surface area contributed by atoms with Gasteiger partial charge in [0, 0.05) is 33.5 Å². The largest absolute Gasteiger partial charge is 0.310 e. The van der Waals surface area contributed by atoms with Gasteiger partial charge in [-0.2, -0.15) is 0 Å². The average molecular weight is 693 g/mol. The third-order valence-corrected chi connectivity index (χ3v) is 11.1. The van der Waals surface area contributed by atoms with E-state index in [0.29, 0.717) is 0 Å². The maximum atomic E-state index is 2.43. The lowest BCUT2D eigenvalue weighted by atomic mass is 9.87. The molecule has 1 aromatic heterocycles. The molecule has 0 saturated heterocycles. The van der Waals surface area contributed by atoms with Crippen molar-refractivity contribution in [2.45, 2.75) is 26.2 Å². The lowest BCUT2D eigenvalue weighted by Gasteiger charge is -2.28. The molecule has 258 valence electrons. The summed E-state index contributed by atoms with van der Waals surface area (Å²) in [5.41, 5.74) is 10.7. The monoisotopic (exact) mass is 692 g/mol. The Morgan fingerprint density at radius 3 is 1.52 bits per heavy atom. The number of para-hydroxylation sites is 1. The second kappa shape index (κ2) is 12.5. The Labute approximate surface area is 316 Å². The van der Waals surface area contributed by atoms with Gasteiger partial charge >= 0.3 is 0 Å². The number of nitrogens with zero attached hydrogens (tertiary/aromatic N) is 2. The van der Waals surface area contributed by atoms with Crippen LogP contribution in [0.15, 0.2) is 188 Å². The molecule has 0 aliphatic heterocycles. The molecule has 0 unspecified atom stereocenters. The topological polar surface area (TPSA) is 8.17 Å². The van der Waals surface area contributed by atoms with E-state index < -0.39 is 0 Å².